The lowest BCUT2D eigenvalue weighted by atomic mass is 10.0. The van der Waals surface area contributed by atoms with Crippen molar-refractivity contribution in [2.75, 3.05) is 19.8 Å². The Balaban J connectivity index is 4.54. The molecule has 0 aliphatic heterocycles. The summed E-state index contributed by atoms with van der Waals surface area (Å²) in [6.07, 6.45) is 17.4. The van der Waals surface area contributed by atoms with Gasteiger partial charge in [-0.25, -0.2) is 4.57 Å². The summed E-state index contributed by atoms with van der Waals surface area (Å²) < 4.78 is 21.8. The van der Waals surface area contributed by atoms with Gasteiger partial charge in [-0.2, -0.15) is 0 Å². The average Bonchev–Trinajstić information content (AvgIpc) is 2.88. The fraction of sp³-hybridized carbons (Fsp3) is 0.964. The Bertz CT molecular complexity index is 598. The van der Waals surface area contributed by atoms with Gasteiger partial charge in [0.25, 0.3) is 0 Å². The van der Waals surface area contributed by atoms with Crippen LogP contribution in [0.15, 0.2) is 0 Å². The SMILES string of the molecule is CCCCCCCCCCCC(O)C(COP(=O)(O)OCCN)NC(=O)CC(O)CCCCCCCCC. The standard InChI is InChI=1S/C28H59N2O7P/c1-3-5-7-9-11-12-14-16-18-20-27(32)26(24-37-38(34,35)36-22-21-29)30-28(33)23-25(31)19-17-15-13-10-8-6-4-2/h25-27,31-32H,3-24,29H2,1-2H3,(H,30,33)(H,34,35). The Kier molecular flexibility index (Phi) is 25.1. The van der Waals surface area contributed by atoms with Crippen LogP contribution in [-0.4, -0.2) is 59.0 Å². The molecule has 0 fully saturated rings. The predicted molar refractivity (Wildman–Crippen MR) is 154 cm³/mol. The van der Waals surface area contributed by atoms with Crippen LogP contribution >= 0.6 is 7.82 Å². The molecular formula is C28H59N2O7P. The fourth-order valence-corrected chi connectivity index (χ4v) is 5.17. The molecule has 0 saturated carbocycles. The van der Waals surface area contributed by atoms with Gasteiger partial charge in [0.15, 0.2) is 0 Å². The monoisotopic (exact) mass is 566 g/mol. The molecule has 0 rings (SSSR count). The van der Waals surface area contributed by atoms with Gasteiger partial charge in [0.05, 0.1) is 37.9 Å². The van der Waals surface area contributed by atoms with E-state index in [1.165, 1.54) is 64.2 Å². The van der Waals surface area contributed by atoms with Crippen molar-refractivity contribution in [3.63, 3.8) is 0 Å². The second kappa shape index (κ2) is 25.4. The first-order valence-corrected chi connectivity index (χ1v) is 16.7. The van der Waals surface area contributed by atoms with Gasteiger partial charge in [0, 0.05) is 6.54 Å². The molecule has 10 heteroatoms. The van der Waals surface area contributed by atoms with E-state index in [1.807, 2.05) is 0 Å². The van der Waals surface area contributed by atoms with Crippen LogP contribution in [0.2, 0.25) is 0 Å². The number of carbonyl (C=O) groups excluding carboxylic acids is 1. The number of carbonyl (C=O) groups is 1. The molecule has 0 aromatic carbocycles. The van der Waals surface area contributed by atoms with Crippen LogP contribution in [-0.2, 0) is 18.4 Å². The lowest BCUT2D eigenvalue weighted by molar-refractivity contribution is -0.125. The van der Waals surface area contributed by atoms with Crippen LogP contribution in [0, 0.1) is 0 Å². The summed E-state index contributed by atoms with van der Waals surface area (Å²) in [6, 6.07) is -0.885. The van der Waals surface area contributed by atoms with Crippen molar-refractivity contribution in [2.45, 2.75) is 154 Å². The average molecular weight is 567 g/mol. The first kappa shape index (κ1) is 37.5. The summed E-state index contributed by atoms with van der Waals surface area (Å²) in [5, 5.41) is 23.7. The van der Waals surface area contributed by atoms with Gasteiger partial charge < -0.3 is 26.2 Å². The number of aliphatic hydroxyl groups is 2. The number of amides is 1. The minimum atomic E-state index is -4.35. The zero-order valence-electron chi connectivity index (χ0n) is 24.3. The highest BCUT2D eigenvalue weighted by Gasteiger charge is 2.28. The second-order valence-electron chi connectivity index (χ2n) is 10.5. The number of nitrogens with one attached hydrogen (secondary N) is 1. The van der Waals surface area contributed by atoms with E-state index in [-0.39, 0.29) is 26.2 Å². The third-order valence-electron chi connectivity index (χ3n) is 6.77. The topological polar surface area (TPSA) is 151 Å². The molecule has 6 N–H and O–H groups in total. The number of phosphoric ester groups is 1. The van der Waals surface area contributed by atoms with Crippen molar-refractivity contribution in [3.05, 3.63) is 0 Å². The highest BCUT2D eigenvalue weighted by molar-refractivity contribution is 7.47. The van der Waals surface area contributed by atoms with Crippen LogP contribution in [0.3, 0.4) is 0 Å². The van der Waals surface area contributed by atoms with E-state index in [4.69, 9.17) is 14.8 Å². The highest BCUT2D eigenvalue weighted by atomic mass is 31.2. The number of aliphatic hydroxyl groups excluding tert-OH is 2. The summed E-state index contributed by atoms with van der Waals surface area (Å²) in [4.78, 5) is 22.4. The van der Waals surface area contributed by atoms with E-state index in [2.05, 4.69) is 19.2 Å². The van der Waals surface area contributed by atoms with E-state index >= 15 is 0 Å². The largest absolute Gasteiger partial charge is 0.472 e. The Hall–Kier alpha value is -0.540. The number of phosphoric acid groups is 1. The van der Waals surface area contributed by atoms with Crippen LogP contribution in [0.5, 0.6) is 0 Å². The second-order valence-corrected chi connectivity index (χ2v) is 12.0. The minimum absolute atomic E-state index is 0.0614. The number of hydrogen-bond donors (Lipinski definition) is 5. The van der Waals surface area contributed by atoms with Crippen molar-refractivity contribution in [2.24, 2.45) is 5.73 Å². The summed E-state index contributed by atoms with van der Waals surface area (Å²) >= 11 is 0. The number of unbranched alkanes of at least 4 members (excludes halogenated alkanes) is 14. The zero-order valence-corrected chi connectivity index (χ0v) is 25.2. The van der Waals surface area contributed by atoms with Crippen molar-refractivity contribution >= 4 is 13.7 Å². The molecule has 228 valence electrons. The molecule has 9 nitrogen and oxygen atoms in total. The summed E-state index contributed by atoms with van der Waals surface area (Å²) in [6.45, 7) is 3.93. The van der Waals surface area contributed by atoms with Gasteiger partial charge in [-0.15, -0.1) is 0 Å². The first-order chi connectivity index (χ1) is 18.3. The van der Waals surface area contributed by atoms with E-state index in [9.17, 15) is 24.5 Å². The number of nitrogens with two attached hydrogens (primary N) is 1. The molecule has 0 aliphatic rings. The first-order valence-electron chi connectivity index (χ1n) is 15.2. The van der Waals surface area contributed by atoms with Gasteiger partial charge in [0.2, 0.25) is 5.91 Å². The van der Waals surface area contributed by atoms with E-state index in [1.54, 1.807) is 0 Å². The summed E-state index contributed by atoms with van der Waals surface area (Å²) in [7, 11) is -4.35. The molecule has 0 aromatic rings. The van der Waals surface area contributed by atoms with Crippen molar-refractivity contribution in [1.82, 2.24) is 5.32 Å². The van der Waals surface area contributed by atoms with E-state index in [0.29, 0.717) is 12.8 Å². The number of hydrogen-bond acceptors (Lipinski definition) is 7. The van der Waals surface area contributed by atoms with Gasteiger partial charge in [-0.05, 0) is 12.8 Å². The Morgan fingerprint density at radius 3 is 1.76 bits per heavy atom. The summed E-state index contributed by atoms with van der Waals surface area (Å²) in [5.74, 6) is -0.421. The van der Waals surface area contributed by atoms with Gasteiger partial charge >= 0.3 is 7.82 Å². The molecule has 0 aromatic heterocycles. The molecule has 0 bridgehead atoms. The predicted octanol–water partition coefficient (Wildman–Crippen LogP) is 5.74. The molecule has 0 radical (unpaired) electrons. The van der Waals surface area contributed by atoms with E-state index in [0.717, 1.165) is 38.5 Å². The normalized spacial score (nSPS) is 15.6. The molecular weight excluding hydrogens is 507 g/mol. The quantitative estimate of drug-likeness (QED) is 0.0594. The van der Waals surface area contributed by atoms with Crippen LogP contribution in [0.1, 0.15) is 136 Å². The fourth-order valence-electron chi connectivity index (χ4n) is 4.41. The molecule has 1 amide bonds. The van der Waals surface area contributed by atoms with Crippen molar-refractivity contribution in [3.8, 4) is 0 Å². The Morgan fingerprint density at radius 2 is 1.26 bits per heavy atom. The maximum absolute atomic E-state index is 12.6. The molecule has 38 heavy (non-hydrogen) atoms. The Morgan fingerprint density at radius 1 is 0.789 bits per heavy atom. The lowest BCUT2D eigenvalue weighted by Crippen LogP contribution is -2.47. The molecule has 0 heterocycles. The van der Waals surface area contributed by atoms with Gasteiger partial charge in [-0.3, -0.25) is 13.8 Å². The van der Waals surface area contributed by atoms with Gasteiger partial charge in [-0.1, -0.05) is 117 Å². The highest BCUT2D eigenvalue weighted by Crippen LogP contribution is 2.43. The zero-order chi connectivity index (χ0) is 28.5. The van der Waals surface area contributed by atoms with Gasteiger partial charge in [0.1, 0.15) is 0 Å². The molecule has 0 saturated heterocycles. The third kappa shape index (κ3) is 23.4. The summed E-state index contributed by atoms with van der Waals surface area (Å²) in [5.41, 5.74) is 5.31. The maximum Gasteiger partial charge on any atom is 0.472 e. The van der Waals surface area contributed by atoms with Crippen molar-refractivity contribution < 1.29 is 33.5 Å². The van der Waals surface area contributed by atoms with Crippen LogP contribution in [0.25, 0.3) is 0 Å². The number of rotatable bonds is 28. The molecule has 4 unspecified atom stereocenters. The van der Waals surface area contributed by atoms with E-state index < -0.39 is 32.0 Å². The van der Waals surface area contributed by atoms with Crippen molar-refractivity contribution in [1.29, 1.82) is 0 Å². The smallest absolute Gasteiger partial charge is 0.393 e. The minimum Gasteiger partial charge on any atom is -0.393 e. The van der Waals surface area contributed by atoms with Crippen LogP contribution < -0.4 is 11.1 Å². The molecule has 0 aliphatic carbocycles. The Labute approximate surface area is 232 Å². The molecule has 0 spiro atoms. The maximum atomic E-state index is 12.6. The van der Waals surface area contributed by atoms with Crippen LogP contribution in [0.4, 0.5) is 0 Å². The third-order valence-corrected chi connectivity index (χ3v) is 7.75. The molecule has 4 atom stereocenters. The lowest BCUT2D eigenvalue weighted by Gasteiger charge is -2.25.